The first-order valence-electron chi connectivity index (χ1n) is 6.73. The molecule has 0 saturated heterocycles. The summed E-state index contributed by atoms with van der Waals surface area (Å²) in [6.07, 6.45) is 3.48. The van der Waals surface area contributed by atoms with Gasteiger partial charge in [-0.2, -0.15) is 0 Å². The molecule has 5 heteroatoms. The summed E-state index contributed by atoms with van der Waals surface area (Å²) >= 11 is 0. The molecule has 0 radical (unpaired) electrons. The number of carboxylic acid groups (broad SMARTS) is 1. The standard InChI is InChI=1S/C14H22N2O3/c1-9-8-15-12(19-9)10-5-6-11(7-10)16(13(17)18)14(2,3)4/h8,10-11H,5-7H2,1-4H3,(H,17,18)/t10-,11+/m1/s1. The van der Waals surface area contributed by atoms with E-state index in [1.165, 1.54) is 0 Å². The molecule has 0 spiro atoms. The van der Waals surface area contributed by atoms with Crippen LogP contribution in [0.1, 0.15) is 57.6 Å². The van der Waals surface area contributed by atoms with Crippen molar-refractivity contribution in [1.82, 2.24) is 9.88 Å². The van der Waals surface area contributed by atoms with E-state index in [0.717, 1.165) is 30.9 Å². The quantitative estimate of drug-likeness (QED) is 0.890. The van der Waals surface area contributed by atoms with Crippen molar-refractivity contribution < 1.29 is 14.3 Å². The predicted molar refractivity (Wildman–Crippen MR) is 71.2 cm³/mol. The van der Waals surface area contributed by atoms with Crippen molar-refractivity contribution in [3.63, 3.8) is 0 Å². The van der Waals surface area contributed by atoms with Crippen LogP contribution in [0.4, 0.5) is 4.79 Å². The highest BCUT2D eigenvalue weighted by Crippen LogP contribution is 2.38. The molecule has 1 amide bonds. The third-order valence-corrected chi connectivity index (χ3v) is 3.69. The maximum absolute atomic E-state index is 11.5. The first-order chi connectivity index (χ1) is 8.79. The van der Waals surface area contributed by atoms with E-state index >= 15 is 0 Å². The molecule has 1 saturated carbocycles. The largest absolute Gasteiger partial charge is 0.465 e. The Morgan fingerprint density at radius 3 is 2.63 bits per heavy atom. The molecule has 0 bridgehead atoms. The van der Waals surface area contributed by atoms with Crippen LogP contribution in [0.15, 0.2) is 10.6 Å². The summed E-state index contributed by atoms with van der Waals surface area (Å²) in [5, 5.41) is 9.42. The number of carbonyl (C=O) groups is 1. The van der Waals surface area contributed by atoms with E-state index < -0.39 is 6.09 Å². The first-order valence-corrected chi connectivity index (χ1v) is 6.73. The Morgan fingerprint density at radius 2 is 2.16 bits per heavy atom. The van der Waals surface area contributed by atoms with Crippen LogP contribution in [0.2, 0.25) is 0 Å². The van der Waals surface area contributed by atoms with Crippen molar-refractivity contribution in [3.05, 3.63) is 17.8 Å². The lowest BCUT2D eigenvalue weighted by atomic mass is 10.0. The summed E-state index contributed by atoms with van der Waals surface area (Å²) in [6, 6.07) is 0.0507. The third kappa shape index (κ3) is 2.91. The molecule has 1 N–H and O–H groups in total. The Hall–Kier alpha value is -1.52. The van der Waals surface area contributed by atoms with Gasteiger partial charge >= 0.3 is 6.09 Å². The van der Waals surface area contributed by atoms with Gasteiger partial charge in [0.15, 0.2) is 5.89 Å². The lowest BCUT2D eigenvalue weighted by molar-refractivity contribution is 0.0713. The van der Waals surface area contributed by atoms with Crippen LogP contribution < -0.4 is 0 Å². The van der Waals surface area contributed by atoms with E-state index in [2.05, 4.69) is 4.98 Å². The minimum absolute atomic E-state index is 0.0507. The molecule has 0 aromatic carbocycles. The predicted octanol–water partition coefficient (Wildman–Crippen LogP) is 3.40. The Balaban J connectivity index is 2.10. The number of aromatic nitrogens is 1. The van der Waals surface area contributed by atoms with Crippen LogP contribution in [0.3, 0.4) is 0 Å². The molecule has 1 fully saturated rings. The second-order valence-corrected chi connectivity index (χ2v) is 6.30. The summed E-state index contributed by atoms with van der Waals surface area (Å²) in [6.45, 7) is 7.68. The molecule has 0 aliphatic heterocycles. The van der Waals surface area contributed by atoms with Crippen molar-refractivity contribution in [2.45, 2.75) is 64.5 Å². The van der Waals surface area contributed by atoms with Gasteiger partial charge in [-0.3, -0.25) is 0 Å². The lowest BCUT2D eigenvalue weighted by Crippen LogP contribution is -2.50. The number of oxazole rings is 1. The monoisotopic (exact) mass is 266 g/mol. The first kappa shape index (κ1) is 13.9. The minimum Gasteiger partial charge on any atom is -0.465 e. The maximum atomic E-state index is 11.5. The molecule has 106 valence electrons. The van der Waals surface area contributed by atoms with Gasteiger partial charge in [0.2, 0.25) is 0 Å². The summed E-state index contributed by atoms with van der Waals surface area (Å²) in [4.78, 5) is 17.3. The molecular formula is C14H22N2O3. The number of hydrogen-bond donors (Lipinski definition) is 1. The van der Waals surface area contributed by atoms with E-state index in [9.17, 15) is 9.90 Å². The van der Waals surface area contributed by atoms with Crippen molar-refractivity contribution in [1.29, 1.82) is 0 Å². The van der Waals surface area contributed by atoms with Gasteiger partial charge in [0, 0.05) is 17.5 Å². The van der Waals surface area contributed by atoms with Gasteiger partial charge in [-0.05, 0) is 47.0 Å². The second kappa shape index (κ2) is 4.87. The van der Waals surface area contributed by atoms with Gasteiger partial charge in [-0.1, -0.05) is 0 Å². The smallest absolute Gasteiger partial charge is 0.407 e. The van der Waals surface area contributed by atoms with E-state index in [1.807, 2.05) is 27.7 Å². The molecule has 1 heterocycles. The summed E-state index contributed by atoms with van der Waals surface area (Å²) in [5.41, 5.74) is -0.377. The maximum Gasteiger partial charge on any atom is 0.407 e. The molecule has 2 rings (SSSR count). The van der Waals surface area contributed by atoms with E-state index in [0.29, 0.717) is 0 Å². The molecule has 5 nitrogen and oxygen atoms in total. The Labute approximate surface area is 113 Å². The number of rotatable bonds is 2. The van der Waals surface area contributed by atoms with Crippen LogP contribution in [-0.4, -0.2) is 32.7 Å². The zero-order chi connectivity index (χ0) is 14.2. The summed E-state index contributed by atoms with van der Waals surface area (Å²) in [7, 11) is 0. The van der Waals surface area contributed by atoms with E-state index in [1.54, 1.807) is 11.1 Å². The molecule has 1 aromatic rings. The molecular weight excluding hydrogens is 244 g/mol. The Morgan fingerprint density at radius 1 is 1.47 bits per heavy atom. The van der Waals surface area contributed by atoms with Crippen molar-refractivity contribution in [2.24, 2.45) is 0 Å². The van der Waals surface area contributed by atoms with Crippen LogP contribution >= 0.6 is 0 Å². The molecule has 1 aliphatic rings. The zero-order valence-electron chi connectivity index (χ0n) is 12.0. The molecule has 1 aliphatic carbocycles. The molecule has 1 aromatic heterocycles. The fourth-order valence-corrected chi connectivity index (χ4v) is 2.97. The Bertz CT molecular complexity index is 462. The van der Waals surface area contributed by atoms with Crippen LogP contribution in [0, 0.1) is 6.92 Å². The molecule has 0 unspecified atom stereocenters. The van der Waals surface area contributed by atoms with Crippen LogP contribution in [-0.2, 0) is 0 Å². The summed E-state index contributed by atoms with van der Waals surface area (Å²) in [5.74, 6) is 1.80. The second-order valence-electron chi connectivity index (χ2n) is 6.30. The average Bonchev–Trinajstić information content (AvgIpc) is 2.84. The molecule has 19 heavy (non-hydrogen) atoms. The van der Waals surface area contributed by atoms with E-state index in [-0.39, 0.29) is 17.5 Å². The van der Waals surface area contributed by atoms with Crippen molar-refractivity contribution in [2.75, 3.05) is 0 Å². The van der Waals surface area contributed by atoms with Gasteiger partial charge < -0.3 is 14.4 Å². The number of nitrogens with zero attached hydrogens (tertiary/aromatic N) is 2. The lowest BCUT2D eigenvalue weighted by Gasteiger charge is -2.38. The number of hydrogen-bond acceptors (Lipinski definition) is 3. The van der Waals surface area contributed by atoms with Crippen molar-refractivity contribution in [3.8, 4) is 0 Å². The molecule has 2 atom stereocenters. The van der Waals surface area contributed by atoms with Gasteiger partial charge in [-0.25, -0.2) is 9.78 Å². The summed E-state index contributed by atoms with van der Waals surface area (Å²) < 4.78 is 5.56. The Kier molecular flexibility index (Phi) is 3.56. The van der Waals surface area contributed by atoms with Gasteiger partial charge in [-0.15, -0.1) is 0 Å². The SMILES string of the molecule is Cc1cnc([C@@H]2CC[C@H](N(C(=O)O)C(C)(C)C)C2)o1. The van der Waals surface area contributed by atoms with Gasteiger partial charge in [0.05, 0.1) is 6.20 Å². The number of aryl methyl sites for hydroxylation is 1. The van der Waals surface area contributed by atoms with E-state index in [4.69, 9.17) is 4.42 Å². The fourth-order valence-electron chi connectivity index (χ4n) is 2.97. The van der Waals surface area contributed by atoms with Crippen LogP contribution in [0.5, 0.6) is 0 Å². The number of amides is 1. The highest BCUT2D eigenvalue weighted by atomic mass is 16.4. The third-order valence-electron chi connectivity index (χ3n) is 3.69. The zero-order valence-corrected chi connectivity index (χ0v) is 12.0. The highest BCUT2D eigenvalue weighted by molar-refractivity contribution is 5.66. The fraction of sp³-hybridized carbons (Fsp3) is 0.714. The normalized spacial score (nSPS) is 23.6. The van der Waals surface area contributed by atoms with Crippen molar-refractivity contribution >= 4 is 6.09 Å². The topological polar surface area (TPSA) is 66.6 Å². The minimum atomic E-state index is -0.846. The van der Waals surface area contributed by atoms with Gasteiger partial charge in [0.25, 0.3) is 0 Å². The van der Waals surface area contributed by atoms with Gasteiger partial charge in [0.1, 0.15) is 5.76 Å². The highest BCUT2D eigenvalue weighted by Gasteiger charge is 2.39. The van der Waals surface area contributed by atoms with Crippen LogP contribution in [0.25, 0.3) is 0 Å². The average molecular weight is 266 g/mol.